The molecule has 0 bridgehead atoms. The summed E-state index contributed by atoms with van der Waals surface area (Å²) in [6, 6.07) is 8.30. The molecule has 1 unspecified atom stereocenters. The number of nitrogens with one attached hydrogen (secondary N) is 1. The minimum absolute atomic E-state index is 0.0778. The van der Waals surface area contributed by atoms with E-state index in [1.54, 1.807) is 0 Å². The van der Waals surface area contributed by atoms with Gasteiger partial charge >= 0.3 is 0 Å². The van der Waals surface area contributed by atoms with E-state index in [0.29, 0.717) is 17.5 Å². The number of nitrogens with zero attached hydrogens (tertiary/aromatic N) is 1. The molecule has 0 fully saturated rings. The number of hydrogen-bond acceptors (Lipinski definition) is 6. The molecule has 5 nitrogen and oxygen atoms in total. The number of aromatic nitrogens is 1. The first-order chi connectivity index (χ1) is 9.47. The molecule has 3 rings (SSSR count). The molecule has 0 aliphatic heterocycles. The summed E-state index contributed by atoms with van der Waals surface area (Å²) < 4.78 is 27.3. The molecule has 1 aromatic carbocycles. The summed E-state index contributed by atoms with van der Waals surface area (Å²) in [5, 5.41) is 3.72. The van der Waals surface area contributed by atoms with Crippen LogP contribution < -0.4 is 11.1 Å². The van der Waals surface area contributed by atoms with E-state index in [1.165, 1.54) is 11.1 Å². The van der Waals surface area contributed by atoms with Crippen LogP contribution >= 0.6 is 11.5 Å². The van der Waals surface area contributed by atoms with E-state index in [4.69, 9.17) is 5.73 Å². The third kappa shape index (κ3) is 2.27. The van der Waals surface area contributed by atoms with E-state index < -0.39 is 9.84 Å². The molecule has 0 saturated heterocycles. The van der Waals surface area contributed by atoms with Gasteiger partial charge in [0.1, 0.15) is 9.90 Å². The molecule has 1 aliphatic rings. The average Bonchev–Trinajstić information content (AvgIpc) is 2.71. The maximum absolute atomic E-state index is 11.7. The molecule has 0 radical (unpaired) electrons. The van der Waals surface area contributed by atoms with Gasteiger partial charge in [0.2, 0.25) is 0 Å². The minimum atomic E-state index is -3.36. The van der Waals surface area contributed by atoms with Gasteiger partial charge in [-0.3, -0.25) is 0 Å². The van der Waals surface area contributed by atoms with E-state index >= 15 is 0 Å². The average molecular weight is 309 g/mol. The van der Waals surface area contributed by atoms with Crippen LogP contribution in [0.4, 0.5) is 10.8 Å². The van der Waals surface area contributed by atoms with Crippen LogP contribution in [0.25, 0.3) is 0 Å². The Morgan fingerprint density at radius 1 is 1.45 bits per heavy atom. The molecule has 3 N–H and O–H groups in total. The van der Waals surface area contributed by atoms with Crippen LogP contribution in [-0.2, 0) is 16.3 Å². The smallest absolute Gasteiger partial charge is 0.182 e. The minimum Gasteiger partial charge on any atom is -0.382 e. The Kier molecular flexibility index (Phi) is 3.18. The fourth-order valence-electron chi connectivity index (χ4n) is 2.53. The van der Waals surface area contributed by atoms with Crippen LogP contribution in [0.1, 0.15) is 17.0 Å². The van der Waals surface area contributed by atoms with Crippen molar-refractivity contribution in [3.05, 3.63) is 35.4 Å². The zero-order valence-electron chi connectivity index (χ0n) is 11.0. The Morgan fingerprint density at radius 2 is 2.20 bits per heavy atom. The van der Waals surface area contributed by atoms with E-state index in [9.17, 15) is 8.42 Å². The van der Waals surface area contributed by atoms with Crippen molar-refractivity contribution >= 4 is 32.2 Å². The second-order valence-corrected chi connectivity index (χ2v) is 7.70. The summed E-state index contributed by atoms with van der Waals surface area (Å²) in [6.07, 6.45) is 2.17. The molecular weight excluding hydrogens is 294 g/mol. The molecule has 0 spiro atoms. The summed E-state index contributed by atoms with van der Waals surface area (Å²) in [7, 11) is -3.36. The van der Waals surface area contributed by atoms with E-state index in [0.717, 1.165) is 24.2 Å². The van der Waals surface area contributed by atoms with Crippen LogP contribution in [-0.4, -0.2) is 25.6 Å². The van der Waals surface area contributed by atoms with Crippen molar-refractivity contribution in [1.82, 2.24) is 4.37 Å². The highest BCUT2D eigenvalue weighted by Crippen LogP contribution is 2.37. The zero-order chi connectivity index (χ0) is 14.3. The van der Waals surface area contributed by atoms with Crippen molar-refractivity contribution in [3.8, 4) is 0 Å². The van der Waals surface area contributed by atoms with Gasteiger partial charge in [-0.15, -0.1) is 0 Å². The van der Waals surface area contributed by atoms with Gasteiger partial charge in [0.15, 0.2) is 15.7 Å². The van der Waals surface area contributed by atoms with Crippen LogP contribution in [0.15, 0.2) is 29.2 Å². The fourth-order valence-corrected chi connectivity index (χ4v) is 4.60. The van der Waals surface area contributed by atoms with E-state index in [2.05, 4.69) is 21.8 Å². The largest absolute Gasteiger partial charge is 0.382 e. The zero-order valence-corrected chi connectivity index (χ0v) is 12.6. The standard InChI is InChI=1S/C13H15N3O2S2/c1-20(17,18)11-12(14)16-19-13(11)15-7-9-6-8-4-2-3-5-10(8)9/h2-5,9,15H,6-7H2,1H3,(H2,14,16). The lowest BCUT2D eigenvalue weighted by Gasteiger charge is -2.30. The quantitative estimate of drug-likeness (QED) is 0.900. The third-order valence-electron chi connectivity index (χ3n) is 3.52. The van der Waals surface area contributed by atoms with Gasteiger partial charge in [-0.25, -0.2) is 8.42 Å². The van der Waals surface area contributed by atoms with E-state index in [-0.39, 0.29) is 10.7 Å². The number of hydrogen-bond donors (Lipinski definition) is 2. The summed E-state index contributed by atoms with van der Waals surface area (Å²) in [4.78, 5) is 0.120. The summed E-state index contributed by atoms with van der Waals surface area (Å²) in [5.74, 6) is 0.496. The van der Waals surface area contributed by atoms with Gasteiger partial charge in [0, 0.05) is 18.7 Å². The maximum atomic E-state index is 11.7. The Hall–Kier alpha value is -1.60. The summed E-state index contributed by atoms with van der Waals surface area (Å²) >= 11 is 1.10. The molecule has 0 saturated carbocycles. The van der Waals surface area contributed by atoms with Gasteiger partial charge in [-0.2, -0.15) is 4.37 Å². The van der Waals surface area contributed by atoms with Crippen LogP contribution in [0.5, 0.6) is 0 Å². The first kappa shape index (κ1) is 13.4. The van der Waals surface area contributed by atoms with Crippen molar-refractivity contribution in [2.45, 2.75) is 17.2 Å². The van der Waals surface area contributed by atoms with Crippen molar-refractivity contribution in [1.29, 1.82) is 0 Å². The molecular formula is C13H15N3O2S2. The van der Waals surface area contributed by atoms with Gasteiger partial charge in [-0.1, -0.05) is 24.3 Å². The first-order valence-electron chi connectivity index (χ1n) is 6.23. The van der Waals surface area contributed by atoms with Crippen molar-refractivity contribution in [2.75, 3.05) is 23.9 Å². The molecule has 1 aliphatic carbocycles. The van der Waals surface area contributed by atoms with Crippen LogP contribution in [0.2, 0.25) is 0 Å². The van der Waals surface area contributed by atoms with Gasteiger partial charge < -0.3 is 11.1 Å². The molecule has 1 aromatic heterocycles. The van der Waals surface area contributed by atoms with Gasteiger partial charge in [0.25, 0.3) is 0 Å². The predicted molar refractivity (Wildman–Crippen MR) is 81.0 cm³/mol. The summed E-state index contributed by atoms with van der Waals surface area (Å²) in [6.45, 7) is 0.696. The van der Waals surface area contributed by atoms with E-state index in [1.807, 2.05) is 12.1 Å². The summed E-state index contributed by atoms with van der Waals surface area (Å²) in [5.41, 5.74) is 8.34. The highest BCUT2D eigenvalue weighted by molar-refractivity contribution is 7.91. The number of rotatable bonds is 4. The number of anilines is 2. The lowest BCUT2D eigenvalue weighted by Crippen LogP contribution is -2.24. The number of nitrogens with two attached hydrogens (primary N) is 1. The predicted octanol–water partition coefficient (Wildman–Crippen LogP) is 1.88. The third-order valence-corrected chi connectivity index (χ3v) is 5.62. The topological polar surface area (TPSA) is 85.1 Å². The molecule has 1 heterocycles. The second-order valence-electron chi connectivity index (χ2n) is 4.98. The second kappa shape index (κ2) is 4.75. The number of sulfone groups is 1. The van der Waals surface area contributed by atoms with Gasteiger partial charge in [-0.05, 0) is 29.1 Å². The molecule has 7 heteroatoms. The lowest BCUT2D eigenvalue weighted by atomic mass is 9.78. The van der Waals surface area contributed by atoms with Crippen LogP contribution in [0.3, 0.4) is 0 Å². The molecule has 106 valence electrons. The number of nitrogen functional groups attached to an aromatic ring is 1. The monoisotopic (exact) mass is 309 g/mol. The Balaban J connectivity index is 1.75. The lowest BCUT2D eigenvalue weighted by molar-refractivity contribution is 0.602. The Labute approximate surface area is 121 Å². The first-order valence-corrected chi connectivity index (χ1v) is 8.90. The normalized spacial score (nSPS) is 17.4. The van der Waals surface area contributed by atoms with Crippen molar-refractivity contribution in [2.24, 2.45) is 0 Å². The molecule has 0 amide bonds. The fraction of sp³-hybridized carbons (Fsp3) is 0.308. The van der Waals surface area contributed by atoms with Crippen LogP contribution in [0, 0.1) is 0 Å². The molecule has 20 heavy (non-hydrogen) atoms. The highest BCUT2D eigenvalue weighted by atomic mass is 32.2. The number of benzene rings is 1. The SMILES string of the molecule is CS(=O)(=O)c1c(N)nsc1NCC1Cc2ccccc21. The van der Waals surface area contributed by atoms with Crippen molar-refractivity contribution in [3.63, 3.8) is 0 Å². The van der Waals surface area contributed by atoms with Crippen molar-refractivity contribution < 1.29 is 8.42 Å². The van der Waals surface area contributed by atoms with Gasteiger partial charge in [0.05, 0.1) is 0 Å². The Bertz CT molecular complexity index is 753. The molecule has 2 aromatic rings. The highest BCUT2D eigenvalue weighted by Gasteiger charge is 2.27. The Morgan fingerprint density at radius 3 is 2.90 bits per heavy atom. The number of fused-ring (bicyclic) bond motifs is 1. The molecule has 1 atom stereocenters. The maximum Gasteiger partial charge on any atom is 0.182 e.